The summed E-state index contributed by atoms with van der Waals surface area (Å²) in [6.07, 6.45) is 0. The van der Waals surface area contributed by atoms with E-state index >= 15 is 0 Å². The molecule has 3 rings (SSSR count). The van der Waals surface area contributed by atoms with Crippen LogP contribution in [-0.4, -0.2) is 9.97 Å². The number of fused-ring (bicyclic) bond motifs is 1. The third-order valence-corrected chi connectivity index (χ3v) is 3.07. The molecule has 2 nitrogen and oxygen atoms in total. The first-order chi connectivity index (χ1) is 9.56. The van der Waals surface area contributed by atoms with E-state index in [0.717, 1.165) is 12.1 Å². The maximum Gasteiger partial charge on any atom is 0.164 e. The summed E-state index contributed by atoms with van der Waals surface area (Å²) < 4.78 is 40.2. The van der Waals surface area contributed by atoms with Crippen LogP contribution in [0.5, 0.6) is 0 Å². The van der Waals surface area contributed by atoms with Crippen molar-refractivity contribution in [1.29, 1.82) is 0 Å². The highest BCUT2D eigenvalue weighted by atomic mass is 35.5. The van der Waals surface area contributed by atoms with Crippen molar-refractivity contribution in [2.75, 3.05) is 0 Å². The fourth-order valence-corrected chi connectivity index (χ4v) is 2.16. The van der Waals surface area contributed by atoms with Crippen molar-refractivity contribution in [3.63, 3.8) is 0 Å². The van der Waals surface area contributed by atoms with Gasteiger partial charge in [-0.3, -0.25) is 0 Å². The van der Waals surface area contributed by atoms with Crippen LogP contribution < -0.4 is 0 Å². The Balaban J connectivity index is 2.28. The molecule has 3 aromatic rings. The highest BCUT2D eigenvalue weighted by molar-refractivity contribution is 6.34. The van der Waals surface area contributed by atoms with Crippen molar-refractivity contribution in [3.8, 4) is 11.4 Å². The van der Waals surface area contributed by atoms with Crippen LogP contribution >= 0.6 is 11.6 Å². The van der Waals surface area contributed by atoms with Crippen LogP contribution in [0.3, 0.4) is 0 Å². The second kappa shape index (κ2) is 4.76. The number of hydrogen-bond donors (Lipinski definition) is 0. The Morgan fingerprint density at radius 3 is 2.45 bits per heavy atom. The molecule has 0 aliphatic rings. The van der Waals surface area contributed by atoms with E-state index in [9.17, 15) is 13.2 Å². The van der Waals surface area contributed by atoms with Crippen LogP contribution in [0.2, 0.25) is 5.15 Å². The lowest BCUT2D eigenvalue weighted by Crippen LogP contribution is -1.96. The minimum atomic E-state index is -0.809. The number of rotatable bonds is 1. The second-order valence-corrected chi connectivity index (χ2v) is 4.45. The van der Waals surface area contributed by atoms with Gasteiger partial charge in [-0.25, -0.2) is 23.1 Å². The minimum Gasteiger partial charge on any atom is -0.228 e. The Labute approximate surface area is 116 Å². The van der Waals surface area contributed by atoms with Crippen molar-refractivity contribution >= 4 is 22.5 Å². The molecule has 0 aliphatic heterocycles. The lowest BCUT2D eigenvalue weighted by molar-refractivity contribution is 0.585. The summed E-state index contributed by atoms with van der Waals surface area (Å²) in [5.41, 5.74) is 0.253. The van der Waals surface area contributed by atoms with E-state index in [-0.39, 0.29) is 27.4 Å². The van der Waals surface area contributed by atoms with Crippen LogP contribution in [-0.2, 0) is 0 Å². The van der Waals surface area contributed by atoms with Crippen molar-refractivity contribution in [2.45, 2.75) is 0 Å². The third-order valence-electron chi connectivity index (χ3n) is 2.80. The molecular weight excluding hydrogens is 289 g/mol. The number of nitrogens with zero attached hydrogens (tertiary/aromatic N) is 2. The maximum absolute atomic E-state index is 13.7. The van der Waals surface area contributed by atoms with Gasteiger partial charge in [0.2, 0.25) is 0 Å². The van der Waals surface area contributed by atoms with Crippen molar-refractivity contribution < 1.29 is 13.2 Å². The van der Waals surface area contributed by atoms with Crippen LogP contribution in [0.25, 0.3) is 22.3 Å². The van der Waals surface area contributed by atoms with Gasteiger partial charge in [-0.15, -0.1) is 0 Å². The summed E-state index contributed by atoms with van der Waals surface area (Å²) in [6.45, 7) is 0. The summed E-state index contributed by atoms with van der Waals surface area (Å²) in [5.74, 6) is -2.09. The largest absolute Gasteiger partial charge is 0.228 e. The third kappa shape index (κ3) is 2.10. The topological polar surface area (TPSA) is 25.8 Å². The molecule has 0 amide bonds. The van der Waals surface area contributed by atoms with E-state index in [1.165, 1.54) is 24.3 Å². The fourth-order valence-electron chi connectivity index (χ4n) is 1.89. The van der Waals surface area contributed by atoms with Crippen molar-refractivity contribution in [3.05, 3.63) is 59.0 Å². The number of halogens is 4. The Morgan fingerprint density at radius 1 is 0.900 bits per heavy atom. The first-order valence-corrected chi connectivity index (χ1v) is 6.01. The molecule has 0 N–H and O–H groups in total. The van der Waals surface area contributed by atoms with Crippen molar-refractivity contribution in [2.24, 2.45) is 0 Å². The molecule has 0 saturated heterocycles. The zero-order valence-corrected chi connectivity index (χ0v) is 10.6. The minimum absolute atomic E-state index is 0.000499. The van der Waals surface area contributed by atoms with Gasteiger partial charge in [0, 0.05) is 6.07 Å². The summed E-state index contributed by atoms with van der Waals surface area (Å²) in [6, 6.07) is 7.26. The summed E-state index contributed by atoms with van der Waals surface area (Å²) in [5, 5.41) is -0.0488. The summed E-state index contributed by atoms with van der Waals surface area (Å²) >= 11 is 5.91. The molecule has 20 heavy (non-hydrogen) atoms. The van der Waals surface area contributed by atoms with Gasteiger partial charge < -0.3 is 0 Å². The lowest BCUT2D eigenvalue weighted by Gasteiger charge is -2.06. The van der Waals surface area contributed by atoms with Gasteiger partial charge in [0.15, 0.2) is 5.82 Å². The van der Waals surface area contributed by atoms with Gasteiger partial charge >= 0.3 is 0 Å². The van der Waals surface area contributed by atoms with Gasteiger partial charge in [0.25, 0.3) is 0 Å². The highest BCUT2D eigenvalue weighted by Crippen LogP contribution is 2.28. The standard InChI is InChI=1S/C14H6ClF3N2/c15-13-12-9(17)2-1-3-11(12)19-14(20-13)8-5-4-7(16)6-10(8)18/h1-6H. The van der Waals surface area contributed by atoms with E-state index in [1.807, 2.05) is 0 Å². The Hall–Kier alpha value is -2.14. The Bertz CT molecular complexity index is 821. The van der Waals surface area contributed by atoms with Crippen LogP contribution in [0, 0.1) is 17.5 Å². The van der Waals surface area contributed by atoms with Gasteiger partial charge in [-0.1, -0.05) is 17.7 Å². The fraction of sp³-hybridized carbons (Fsp3) is 0. The molecule has 1 heterocycles. The monoisotopic (exact) mass is 294 g/mol. The normalized spacial score (nSPS) is 11.0. The van der Waals surface area contributed by atoms with Gasteiger partial charge in [-0.2, -0.15) is 0 Å². The maximum atomic E-state index is 13.7. The first kappa shape index (κ1) is 12.9. The molecular formula is C14H6ClF3N2. The van der Waals surface area contributed by atoms with E-state index in [1.54, 1.807) is 0 Å². The van der Waals surface area contributed by atoms with E-state index in [2.05, 4.69) is 9.97 Å². The zero-order chi connectivity index (χ0) is 14.3. The molecule has 1 aromatic heterocycles. The molecule has 0 aliphatic carbocycles. The average molecular weight is 295 g/mol. The summed E-state index contributed by atoms with van der Waals surface area (Å²) in [4.78, 5) is 7.93. The summed E-state index contributed by atoms with van der Waals surface area (Å²) in [7, 11) is 0. The van der Waals surface area contributed by atoms with E-state index in [0.29, 0.717) is 0 Å². The van der Waals surface area contributed by atoms with E-state index in [4.69, 9.17) is 11.6 Å². The Morgan fingerprint density at radius 2 is 1.70 bits per heavy atom. The quantitative estimate of drug-likeness (QED) is 0.623. The molecule has 0 unspecified atom stereocenters. The molecule has 0 bridgehead atoms. The molecule has 0 atom stereocenters. The SMILES string of the molecule is Fc1ccc(-c2nc(Cl)c3c(F)cccc3n2)c(F)c1. The van der Waals surface area contributed by atoms with Gasteiger partial charge in [-0.05, 0) is 24.3 Å². The van der Waals surface area contributed by atoms with Crippen LogP contribution in [0.15, 0.2) is 36.4 Å². The smallest absolute Gasteiger partial charge is 0.164 e. The molecule has 100 valence electrons. The predicted molar refractivity (Wildman–Crippen MR) is 69.9 cm³/mol. The molecule has 0 radical (unpaired) electrons. The number of benzene rings is 2. The zero-order valence-electron chi connectivity index (χ0n) is 9.87. The molecule has 0 saturated carbocycles. The van der Waals surface area contributed by atoms with Gasteiger partial charge in [0.1, 0.15) is 22.6 Å². The second-order valence-electron chi connectivity index (χ2n) is 4.10. The molecule has 6 heteroatoms. The van der Waals surface area contributed by atoms with E-state index < -0.39 is 17.5 Å². The number of aromatic nitrogens is 2. The van der Waals surface area contributed by atoms with Crippen molar-refractivity contribution in [1.82, 2.24) is 9.97 Å². The van der Waals surface area contributed by atoms with Crippen LogP contribution in [0.1, 0.15) is 0 Å². The molecule has 2 aromatic carbocycles. The Kier molecular flexibility index (Phi) is 3.06. The first-order valence-electron chi connectivity index (χ1n) is 5.63. The van der Waals surface area contributed by atoms with Gasteiger partial charge in [0.05, 0.1) is 16.5 Å². The average Bonchev–Trinajstić information content (AvgIpc) is 2.38. The lowest BCUT2D eigenvalue weighted by atomic mass is 10.1. The van der Waals surface area contributed by atoms with Crippen LogP contribution in [0.4, 0.5) is 13.2 Å². The molecule has 0 spiro atoms. The number of hydrogen-bond acceptors (Lipinski definition) is 2. The molecule has 0 fully saturated rings. The highest BCUT2D eigenvalue weighted by Gasteiger charge is 2.14. The predicted octanol–water partition coefficient (Wildman–Crippen LogP) is 4.37.